The van der Waals surface area contributed by atoms with E-state index in [2.05, 4.69) is 0 Å². The molecule has 21 heavy (non-hydrogen) atoms. The Hall–Kier alpha value is -0.780. The minimum atomic E-state index is -3.49. The molecular formula is C15H22ClNO3S. The van der Waals surface area contributed by atoms with E-state index in [-0.39, 0.29) is 10.9 Å². The van der Waals surface area contributed by atoms with Crippen molar-refractivity contribution in [3.05, 3.63) is 23.2 Å². The normalized spacial score (nSPS) is 20.4. The van der Waals surface area contributed by atoms with Crippen LogP contribution in [0.15, 0.2) is 23.1 Å². The lowest BCUT2D eigenvalue weighted by Gasteiger charge is -2.34. The fraction of sp³-hybridized carbons (Fsp3) is 0.600. The van der Waals surface area contributed by atoms with Crippen molar-refractivity contribution in [2.24, 2.45) is 0 Å². The molecule has 6 heteroatoms. The molecule has 1 fully saturated rings. The van der Waals surface area contributed by atoms with Crippen molar-refractivity contribution in [3.8, 4) is 5.75 Å². The van der Waals surface area contributed by atoms with Gasteiger partial charge in [-0.3, -0.25) is 0 Å². The lowest BCUT2D eigenvalue weighted by molar-refractivity contribution is 0.246. The number of hydrogen-bond donors (Lipinski definition) is 0. The van der Waals surface area contributed by atoms with Crippen molar-refractivity contribution in [3.63, 3.8) is 0 Å². The molecule has 1 saturated heterocycles. The summed E-state index contributed by atoms with van der Waals surface area (Å²) in [5.41, 5.74) is 0. The number of hydrogen-bond acceptors (Lipinski definition) is 3. The molecule has 1 aromatic carbocycles. The highest BCUT2D eigenvalue weighted by Crippen LogP contribution is 2.32. The van der Waals surface area contributed by atoms with Crippen LogP contribution in [0, 0.1) is 0 Å². The van der Waals surface area contributed by atoms with Gasteiger partial charge in [-0.2, -0.15) is 4.31 Å². The number of halogens is 1. The van der Waals surface area contributed by atoms with Crippen LogP contribution >= 0.6 is 11.6 Å². The standard InChI is InChI=1S/C15H22ClNO3S/c1-3-12-7-5-6-10-17(12)21(18,19)13-8-9-14(16)15(11-13)20-4-2/h8-9,11-12H,3-7,10H2,1-2H3/t12-/m1/s1. The van der Waals surface area contributed by atoms with Crippen LogP contribution in [0.25, 0.3) is 0 Å². The Morgan fingerprint density at radius 1 is 1.33 bits per heavy atom. The highest BCUT2D eigenvalue weighted by Gasteiger charge is 2.32. The second-order valence-electron chi connectivity index (χ2n) is 5.20. The highest BCUT2D eigenvalue weighted by molar-refractivity contribution is 7.89. The maximum Gasteiger partial charge on any atom is 0.243 e. The summed E-state index contributed by atoms with van der Waals surface area (Å²) in [6.07, 6.45) is 3.78. The summed E-state index contributed by atoms with van der Waals surface area (Å²) in [7, 11) is -3.49. The van der Waals surface area contributed by atoms with Gasteiger partial charge < -0.3 is 4.74 Å². The lowest BCUT2D eigenvalue weighted by atomic mass is 10.0. The summed E-state index contributed by atoms with van der Waals surface area (Å²) in [5.74, 6) is 0.422. The fourth-order valence-corrected chi connectivity index (χ4v) is 4.70. The minimum Gasteiger partial charge on any atom is -0.492 e. The van der Waals surface area contributed by atoms with E-state index in [9.17, 15) is 8.42 Å². The molecule has 0 radical (unpaired) electrons. The Bertz CT molecular complexity index is 589. The first-order valence-corrected chi connectivity index (χ1v) is 9.26. The van der Waals surface area contributed by atoms with Gasteiger partial charge in [0.05, 0.1) is 16.5 Å². The van der Waals surface area contributed by atoms with Crippen molar-refractivity contribution in [1.29, 1.82) is 0 Å². The number of nitrogens with zero attached hydrogens (tertiary/aromatic N) is 1. The first kappa shape index (κ1) is 16.6. The van der Waals surface area contributed by atoms with Gasteiger partial charge in [-0.05, 0) is 38.3 Å². The SMILES string of the molecule is CCOc1cc(S(=O)(=O)N2CCCC[C@H]2CC)ccc1Cl. The minimum absolute atomic E-state index is 0.0926. The molecule has 0 amide bonds. The first-order chi connectivity index (χ1) is 10.0. The van der Waals surface area contributed by atoms with Gasteiger partial charge >= 0.3 is 0 Å². The summed E-state index contributed by atoms with van der Waals surface area (Å²) in [4.78, 5) is 0.260. The monoisotopic (exact) mass is 331 g/mol. The Morgan fingerprint density at radius 3 is 2.76 bits per heavy atom. The quantitative estimate of drug-likeness (QED) is 0.826. The summed E-state index contributed by atoms with van der Waals surface area (Å²) in [5, 5.41) is 0.432. The lowest BCUT2D eigenvalue weighted by Crippen LogP contribution is -2.43. The molecule has 2 rings (SSSR count). The topological polar surface area (TPSA) is 46.6 Å². The number of rotatable bonds is 5. The van der Waals surface area contributed by atoms with E-state index in [0.717, 1.165) is 25.7 Å². The summed E-state index contributed by atoms with van der Waals surface area (Å²) in [6.45, 7) is 4.92. The second-order valence-corrected chi connectivity index (χ2v) is 7.50. The summed E-state index contributed by atoms with van der Waals surface area (Å²) < 4.78 is 32.7. The molecule has 0 aromatic heterocycles. The van der Waals surface area contributed by atoms with Crippen molar-refractivity contribution >= 4 is 21.6 Å². The van der Waals surface area contributed by atoms with Crippen LogP contribution in [-0.2, 0) is 10.0 Å². The summed E-state index contributed by atoms with van der Waals surface area (Å²) >= 11 is 6.03. The van der Waals surface area contributed by atoms with Gasteiger partial charge in [0.25, 0.3) is 0 Å². The van der Waals surface area contributed by atoms with Gasteiger partial charge in [-0.15, -0.1) is 0 Å². The smallest absolute Gasteiger partial charge is 0.243 e. The van der Waals surface area contributed by atoms with Crippen LogP contribution in [0.4, 0.5) is 0 Å². The molecule has 1 heterocycles. The van der Waals surface area contributed by atoms with Crippen LogP contribution in [0.2, 0.25) is 5.02 Å². The number of ether oxygens (including phenoxy) is 1. The summed E-state index contributed by atoms with van der Waals surface area (Å²) in [6, 6.07) is 4.77. The van der Waals surface area contributed by atoms with Crippen molar-refractivity contribution in [2.45, 2.75) is 50.5 Å². The van der Waals surface area contributed by atoms with Gasteiger partial charge in [0.1, 0.15) is 5.75 Å². The van der Waals surface area contributed by atoms with E-state index in [1.165, 1.54) is 6.07 Å². The average Bonchev–Trinajstić information content (AvgIpc) is 2.49. The molecule has 1 aromatic rings. The largest absolute Gasteiger partial charge is 0.492 e. The van der Waals surface area contributed by atoms with E-state index in [4.69, 9.17) is 16.3 Å². The molecule has 0 spiro atoms. The fourth-order valence-electron chi connectivity index (χ4n) is 2.74. The maximum absolute atomic E-state index is 12.9. The Balaban J connectivity index is 2.36. The first-order valence-electron chi connectivity index (χ1n) is 7.44. The molecule has 1 aliphatic heterocycles. The van der Waals surface area contributed by atoms with Crippen LogP contribution in [-0.4, -0.2) is 31.9 Å². The van der Waals surface area contributed by atoms with E-state index < -0.39 is 10.0 Å². The Morgan fingerprint density at radius 2 is 2.10 bits per heavy atom. The predicted octanol–water partition coefficient (Wildman–Crippen LogP) is 3.69. The van der Waals surface area contributed by atoms with Gasteiger partial charge in [0.15, 0.2) is 0 Å². The zero-order valence-electron chi connectivity index (χ0n) is 12.5. The van der Waals surface area contributed by atoms with E-state index in [1.807, 2.05) is 13.8 Å². The van der Waals surface area contributed by atoms with Crippen LogP contribution in [0.1, 0.15) is 39.5 Å². The van der Waals surface area contributed by atoms with E-state index in [0.29, 0.717) is 23.9 Å². The second kappa shape index (κ2) is 6.99. The molecule has 0 bridgehead atoms. The molecule has 118 valence electrons. The third-order valence-corrected chi connectivity index (χ3v) is 6.11. The number of sulfonamides is 1. The highest BCUT2D eigenvalue weighted by atomic mass is 35.5. The molecule has 0 unspecified atom stereocenters. The third kappa shape index (κ3) is 3.52. The molecule has 4 nitrogen and oxygen atoms in total. The van der Waals surface area contributed by atoms with Crippen LogP contribution in [0.5, 0.6) is 5.75 Å². The van der Waals surface area contributed by atoms with Gasteiger partial charge in [-0.1, -0.05) is 24.9 Å². The Labute approximate surface area is 132 Å². The van der Waals surface area contributed by atoms with E-state index >= 15 is 0 Å². The van der Waals surface area contributed by atoms with E-state index in [1.54, 1.807) is 16.4 Å². The van der Waals surface area contributed by atoms with Gasteiger partial charge in [-0.25, -0.2) is 8.42 Å². The molecule has 1 aliphatic rings. The molecule has 0 N–H and O–H groups in total. The number of piperidine rings is 1. The zero-order chi connectivity index (χ0) is 15.5. The third-order valence-electron chi connectivity index (χ3n) is 3.85. The van der Waals surface area contributed by atoms with Crippen molar-refractivity contribution in [1.82, 2.24) is 4.31 Å². The van der Waals surface area contributed by atoms with Crippen molar-refractivity contribution < 1.29 is 13.2 Å². The van der Waals surface area contributed by atoms with Crippen molar-refractivity contribution in [2.75, 3.05) is 13.2 Å². The molecule has 1 atom stereocenters. The molecular weight excluding hydrogens is 310 g/mol. The zero-order valence-corrected chi connectivity index (χ0v) is 14.1. The number of benzene rings is 1. The Kier molecular flexibility index (Phi) is 5.52. The van der Waals surface area contributed by atoms with Crippen LogP contribution in [0.3, 0.4) is 0 Å². The molecule has 0 aliphatic carbocycles. The average molecular weight is 332 g/mol. The van der Waals surface area contributed by atoms with Crippen LogP contribution < -0.4 is 4.74 Å². The predicted molar refractivity (Wildman–Crippen MR) is 84.4 cm³/mol. The van der Waals surface area contributed by atoms with Gasteiger partial charge in [0, 0.05) is 18.7 Å². The molecule has 0 saturated carbocycles. The maximum atomic E-state index is 12.9. The van der Waals surface area contributed by atoms with Gasteiger partial charge in [0.2, 0.25) is 10.0 Å².